The Hall–Kier alpha value is -2.01. The van der Waals surface area contributed by atoms with Crippen molar-refractivity contribution in [2.45, 2.75) is 50.4 Å². The van der Waals surface area contributed by atoms with Gasteiger partial charge in [0, 0.05) is 38.2 Å². The molecule has 29 heavy (non-hydrogen) atoms. The van der Waals surface area contributed by atoms with Crippen LogP contribution in [0.15, 0.2) is 12.4 Å². The molecule has 10 nitrogen and oxygen atoms in total. The summed E-state index contributed by atoms with van der Waals surface area (Å²) in [7, 11) is 0. The predicted octanol–water partition coefficient (Wildman–Crippen LogP) is -0.187. The molecule has 160 valence electrons. The number of nitrogens with one attached hydrogen (secondary N) is 4. The Morgan fingerprint density at radius 1 is 1.38 bits per heavy atom. The van der Waals surface area contributed by atoms with E-state index in [9.17, 15) is 14.7 Å². The fraction of sp³-hybridized carbons (Fsp3) is 0.667. The second kappa shape index (κ2) is 9.66. The van der Waals surface area contributed by atoms with Crippen molar-refractivity contribution >= 4 is 29.2 Å². The maximum Gasteiger partial charge on any atom is 0.270 e. The number of hydrazine groups is 1. The van der Waals surface area contributed by atoms with Crippen LogP contribution < -0.4 is 21.5 Å². The summed E-state index contributed by atoms with van der Waals surface area (Å²) in [6.07, 6.45) is 3.45. The van der Waals surface area contributed by atoms with E-state index in [4.69, 9.17) is 11.6 Å². The minimum absolute atomic E-state index is 0.0468. The summed E-state index contributed by atoms with van der Waals surface area (Å²) in [6, 6.07) is 1.75. The zero-order valence-electron chi connectivity index (χ0n) is 16.4. The van der Waals surface area contributed by atoms with E-state index < -0.39 is 12.0 Å². The van der Waals surface area contributed by atoms with Gasteiger partial charge in [0.15, 0.2) is 0 Å². The number of anilines is 1. The Kier molecular flexibility index (Phi) is 7.23. The average molecular weight is 426 g/mol. The number of hydrogen-bond acceptors (Lipinski definition) is 8. The summed E-state index contributed by atoms with van der Waals surface area (Å²) < 4.78 is 0. The molecule has 3 rings (SSSR count). The smallest absolute Gasteiger partial charge is 0.270 e. The van der Waals surface area contributed by atoms with E-state index in [0.717, 1.165) is 19.3 Å². The lowest BCUT2D eigenvalue weighted by Gasteiger charge is -2.33. The van der Waals surface area contributed by atoms with Crippen molar-refractivity contribution in [3.63, 3.8) is 0 Å². The van der Waals surface area contributed by atoms with Crippen LogP contribution in [0.5, 0.6) is 0 Å². The van der Waals surface area contributed by atoms with Gasteiger partial charge in [-0.15, -0.1) is 11.6 Å². The van der Waals surface area contributed by atoms with Gasteiger partial charge in [-0.2, -0.15) is 0 Å². The SMILES string of the molecule is CC1(CCC(=O)N2CCC(Nc3cc(C(=O)NC[C@H](O)CCl)ncn3)CC2)NN1. The molecule has 0 saturated carbocycles. The number of halogens is 1. The van der Waals surface area contributed by atoms with Crippen LogP contribution in [0.3, 0.4) is 0 Å². The standard InChI is InChI=1S/C18H28ClN7O3/c1-18(24-25-18)5-2-16(28)26-6-3-12(4-7-26)23-15-8-14(21-11-22-15)17(29)20-10-13(27)9-19/h8,11-13,24-25,27H,2-7,9-10H2,1H3,(H,20,29)(H,21,22,23)/t13-/m1/s1. The average Bonchev–Trinajstić information content (AvgIpc) is 3.48. The predicted molar refractivity (Wildman–Crippen MR) is 108 cm³/mol. The number of hydrogen-bond donors (Lipinski definition) is 5. The van der Waals surface area contributed by atoms with Crippen molar-refractivity contribution < 1.29 is 14.7 Å². The fourth-order valence-electron chi connectivity index (χ4n) is 3.15. The lowest BCUT2D eigenvalue weighted by atomic mass is 10.0. The molecule has 3 heterocycles. The number of likely N-dealkylation sites (tertiary alicyclic amines) is 1. The molecule has 0 aliphatic carbocycles. The fourth-order valence-corrected chi connectivity index (χ4v) is 3.25. The molecule has 11 heteroatoms. The van der Waals surface area contributed by atoms with Crippen LogP contribution in [0.4, 0.5) is 5.82 Å². The lowest BCUT2D eigenvalue weighted by molar-refractivity contribution is -0.132. The molecule has 0 aromatic carbocycles. The van der Waals surface area contributed by atoms with Gasteiger partial charge in [-0.3, -0.25) is 9.59 Å². The molecular weight excluding hydrogens is 398 g/mol. The number of amides is 2. The van der Waals surface area contributed by atoms with E-state index in [1.807, 2.05) is 11.8 Å². The summed E-state index contributed by atoms with van der Waals surface area (Å²) in [5.74, 6) is 0.394. The highest BCUT2D eigenvalue weighted by molar-refractivity contribution is 6.18. The van der Waals surface area contributed by atoms with Crippen LogP contribution >= 0.6 is 11.6 Å². The number of alkyl halides is 1. The number of nitrogens with zero attached hydrogens (tertiary/aromatic N) is 3. The van der Waals surface area contributed by atoms with E-state index in [0.29, 0.717) is 25.3 Å². The normalized spacial score (nSPS) is 19.5. The van der Waals surface area contributed by atoms with Crippen LogP contribution in [0.2, 0.25) is 0 Å². The Balaban J connectivity index is 1.44. The number of carbonyl (C=O) groups is 2. The monoisotopic (exact) mass is 425 g/mol. The van der Waals surface area contributed by atoms with Crippen molar-refractivity contribution in [1.82, 2.24) is 31.0 Å². The van der Waals surface area contributed by atoms with E-state index >= 15 is 0 Å². The first kappa shape index (κ1) is 21.7. The van der Waals surface area contributed by atoms with E-state index in [1.165, 1.54) is 6.33 Å². The summed E-state index contributed by atoms with van der Waals surface area (Å²) >= 11 is 5.52. The highest BCUT2D eigenvalue weighted by Gasteiger charge is 2.36. The van der Waals surface area contributed by atoms with Gasteiger partial charge in [0.2, 0.25) is 5.91 Å². The molecule has 2 aliphatic rings. The van der Waals surface area contributed by atoms with Crippen LogP contribution in [0, 0.1) is 0 Å². The molecule has 0 radical (unpaired) electrons. The summed E-state index contributed by atoms with van der Waals surface area (Å²) in [5.41, 5.74) is 6.21. The number of aliphatic hydroxyl groups is 1. The van der Waals surface area contributed by atoms with Gasteiger partial charge in [0.1, 0.15) is 17.8 Å². The Bertz CT molecular complexity index is 723. The molecule has 0 unspecified atom stereocenters. The van der Waals surface area contributed by atoms with Crippen LogP contribution in [0.25, 0.3) is 0 Å². The number of aliphatic hydroxyl groups excluding tert-OH is 1. The summed E-state index contributed by atoms with van der Waals surface area (Å²) in [4.78, 5) is 34.5. The maximum absolute atomic E-state index is 12.3. The van der Waals surface area contributed by atoms with Gasteiger partial charge in [-0.25, -0.2) is 20.8 Å². The first-order chi connectivity index (χ1) is 13.9. The number of rotatable bonds is 9. The second-order valence-electron chi connectivity index (χ2n) is 7.69. The lowest BCUT2D eigenvalue weighted by Crippen LogP contribution is -2.42. The minimum Gasteiger partial charge on any atom is -0.390 e. The van der Waals surface area contributed by atoms with Gasteiger partial charge < -0.3 is 20.6 Å². The number of aromatic nitrogens is 2. The molecule has 1 aromatic rings. The highest BCUT2D eigenvalue weighted by atomic mass is 35.5. The number of piperidine rings is 1. The van der Waals surface area contributed by atoms with E-state index in [1.54, 1.807) is 6.07 Å². The van der Waals surface area contributed by atoms with Gasteiger partial charge in [-0.05, 0) is 26.2 Å². The first-order valence-corrected chi connectivity index (χ1v) is 10.3. The van der Waals surface area contributed by atoms with Gasteiger partial charge in [0.25, 0.3) is 5.91 Å². The van der Waals surface area contributed by atoms with E-state index in [-0.39, 0.29) is 35.7 Å². The molecule has 0 bridgehead atoms. The molecule has 0 spiro atoms. The first-order valence-electron chi connectivity index (χ1n) is 9.81. The van der Waals surface area contributed by atoms with Crippen molar-refractivity contribution in [2.75, 3.05) is 30.8 Å². The van der Waals surface area contributed by atoms with Gasteiger partial charge in [0.05, 0.1) is 17.6 Å². The highest BCUT2D eigenvalue weighted by Crippen LogP contribution is 2.20. The third-order valence-corrected chi connectivity index (χ3v) is 5.52. The molecule has 1 atom stereocenters. The van der Waals surface area contributed by atoms with Crippen LogP contribution in [0.1, 0.15) is 43.1 Å². The molecule has 2 fully saturated rings. The van der Waals surface area contributed by atoms with Crippen molar-refractivity contribution in [1.29, 1.82) is 0 Å². The summed E-state index contributed by atoms with van der Waals surface area (Å²) in [6.45, 7) is 3.49. The van der Waals surface area contributed by atoms with Crippen LogP contribution in [-0.2, 0) is 4.79 Å². The second-order valence-corrected chi connectivity index (χ2v) is 8.00. The molecular formula is C18H28ClN7O3. The van der Waals surface area contributed by atoms with E-state index in [2.05, 4.69) is 31.5 Å². The number of carbonyl (C=O) groups excluding carboxylic acids is 2. The van der Waals surface area contributed by atoms with Gasteiger partial charge >= 0.3 is 0 Å². The molecule has 5 N–H and O–H groups in total. The molecule has 2 saturated heterocycles. The maximum atomic E-state index is 12.3. The van der Waals surface area contributed by atoms with Crippen molar-refractivity contribution in [2.24, 2.45) is 0 Å². The summed E-state index contributed by atoms with van der Waals surface area (Å²) in [5, 5.41) is 15.3. The largest absolute Gasteiger partial charge is 0.390 e. The molecule has 2 amide bonds. The zero-order chi connectivity index (χ0) is 20.9. The minimum atomic E-state index is -0.799. The Morgan fingerprint density at radius 3 is 2.76 bits per heavy atom. The molecule has 2 aliphatic heterocycles. The Morgan fingerprint density at radius 2 is 2.10 bits per heavy atom. The molecule has 1 aromatic heterocycles. The quantitative estimate of drug-likeness (QED) is 0.270. The third kappa shape index (κ3) is 6.49. The van der Waals surface area contributed by atoms with Crippen LogP contribution in [-0.4, -0.2) is 75.1 Å². The third-order valence-electron chi connectivity index (χ3n) is 5.17. The van der Waals surface area contributed by atoms with Gasteiger partial charge in [-0.1, -0.05) is 0 Å². The zero-order valence-corrected chi connectivity index (χ0v) is 17.2. The van der Waals surface area contributed by atoms with Crippen molar-refractivity contribution in [3.05, 3.63) is 18.1 Å². The Labute approximate surface area is 174 Å². The topological polar surface area (TPSA) is 151 Å². The van der Waals surface area contributed by atoms with Crippen molar-refractivity contribution in [3.8, 4) is 0 Å².